The summed E-state index contributed by atoms with van der Waals surface area (Å²) in [6, 6.07) is 0. The summed E-state index contributed by atoms with van der Waals surface area (Å²) in [7, 11) is 0. The van der Waals surface area contributed by atoms with Crippen molar-refractivity contribution in [2.45, 2.75) is 88.1 Å². The zero-order valence-electron chi connectivity index (χ0n) is 17.1. The van der Waals surface area contributed by atoms with Crippen molar-refractivity contribution in [2.24, 2.45) is 35.5 Å². The van der Waals surface area contributed by atoms with Crippen LogP contribution in [0.15, 0.2) is 0 Å². The number of carboxylic acids is 1. The summed E-state index contributed by atoms with van der Waals surface area (Å²) in [6.45, 7) is 1.94. The summed E-state index contributed by atoms with van der Waals surface area (Å²) in [5.41, 5.74) is 0.360. The molecule has 0 saturated heterocycles. The lowest BCUT2D eigenvalue weighted by atomic mass is 9.52. The number of hydrogen-bond acceptors (Lipinski definition) is 2. The van der Waals surface area contributed by atoms with E-state index in [2.05, 4.69) is 9.48 Å². The molecule has 4 heteroatoms. The van der Waals surface area contributed by atoms with Crippen molar-refractivity contribution >= 4 is 11.8 Å². The molecule has 1 N–H and O–H groups in total. The highest BCUT2D eigenvalue weighted by atomic mass is 16.4. The zero-order valence-corrected chi connectivity index (χ0v) is 17.1. The highest BCUT2D eigenvalue weighted by Crippen LogP contribution is 2.60. The van der Waals surface area contributed by atoms with E-state index in [1.165, 1.54) is 77.0 Å². The van der Waals surface area contributed by atoms with Crippen molar-refractivity contribution in [2.75, 3.05) is 13.1 Å². The van der Waals surface area contributed by atoms with E-state index in [-0.39, 0.29) is 11.1 Å². The first kappa shape index (κ1) is 16.7. The summed E-state index contributed by atoms with van der Waals surface area (Å²) in [4.78, 5) is 15.2. The molecule has 0 atom stereocenters. The van der Waals surface area contributed by atoms with Crippen molar-refractivity contribution in [3.63, 3.8) is 0 Å². The van der Waals surface area contributed by atoms with Crippen LogP contribution >= 0.6 is 0 Å². The normalized spacial score (nSPS) is 53.5. The molecule has 1 heterocycles. The highest BCUT2D eigenvalue weighted by molar-refractivity contribution is 6.32. The summed E-state index contributed by atoms with van der Waals surface area (Å²) >= 11 is 0. The lowest BCUT2D eigenvalue weighted by Gasteiger charge is -2.57. The SMILES string of the molecule is O=C(O)C1=[N+](C23CC4CC(CC(C4)C2)C3)CCN1C12CC3CC(CC(C3)C1)C2. The van der Waals surface area contributed by atoms with Gasteiger partial charge in [-0.1, -0.05) is 0 Å². The second-order valence-corrected chi connectivity index (χ2v) is 12.2. The highest BCUT2D eigenvalue weighted by Gasteiger charge is 2.63. The molecular weight excluding hydrogens is 348 g/mol. The Kier molecular flexibility index (Phi) is 3.19. The van der Waals surface area contributed by atoms with E-state index >= 15 is 0 Å². The van der Waals surface area contributed by atoms with E-state index in [4.69, 9.17) is 0 Å². The van der Waals surface area contributed by atoms with Gasteiger partial charge >= 0.3 is 11.8 Å². The van der Waals surface area contributed by atoms with Crippen LogP contribution in [0.3, 0.4) is 0 Å². The van der Waals surface area contributed by atoms with Crippen molar-refractivity contribution in [3.05, 3.63) is 0 Å². The maximum absolute atomic E-state index is 12.7. The average Bonchev–Trinajstić information content (AvgIpc) is 3.06. The first-order valence-corrected chi connectivity index (χ1v) is 12.2. The third kappa shape index (κ3) is 2.13. The molecule has 8 fully saturated rings. The summed E-state index contributed by atoms with van der Waals surface area (Å²) < 4.78 is 2.47. The maximum atomic E-state index is 12.7. The first-order chi connectivity index (χ1) is 13.5. The smallest absolute Gasteiger partial charge is 0.418 e. The number of rotatable bonds is 3. The van der Waals surface area contributed by atoms with E-state index in [0.717, 1.165) is 54.4 Å². The Labute approximate surface area is 168 Å². The molecule has 0 aromatic rings. The van der Waals surface area contributed by atoms with E-state index in [1.807, 2.05) is 0 Å². The fraction of sp³-hybridized carbons (Fsp3) is 0.917. The number of nitrogens with zero attached hydrogens (tertiary/aromatic N) is 2. The molecule has 8 bridgehead atoms. The second-order valence-electron chi connectivity index (χ2n) is 12.2. The van der Waals surface area contributed by atoms with Gasteiger partial charge in [0.15, 0.2) is 0 Å². The van der Waals surface area contributed by atoms with E-state index in [0.29, 0.717) is 0 Å². The number of carboxylic acid groups (broad SMARTS) is 1. The average molecular weight is 384 g/mol. The van der Waals surface area contributed by atoms with Gasteiger partial charge in [-0.3, -0.25) is 0 Å². The molecule has 1 aliphatic heterocycles. The molecule has 0 amide bonds. The molecule has 0 aromatic carbocycles. The number of amidine groups is 1. The molecule has 0 spiro atoms. The largest absolute Gasteiger partial charge is 0.472 e. The molecule has 8 aliphatic carbocycles. The minimum Gasteiger partial charge on any atom is -0.472 e. The number of aliphatic carboxylic acids is 1. The Morgan fingerprint density at radius 2 is 1.21 bits per heavy atom. The van der Waals surface area contributed by atoms with Crippen molar-refractivity contribution in [1.29, 1.82) is 0 Å². The van der Waals surface area contributed by atoms with Gasteiger partial charge in [0.25, 0.3) is 0 Å². The van der Waals surface area contributed by atoms with E-state index < -0.39 is 5.97 Å². The molecule has 8 saturated carbocycles. The Morgan fingerprint density at radius 3 is 1.64 bits per heavy atom. The number of hydrogen-bond donors (Lipinski definition) is 1. The van der Waals surface area contributed by atoms with Gasteiger partial charge in [0.1, 0.15) is 24.2 Å². The van der Waals surface area contributed by atoms with E-state index in [1.54, 1.807) is 0 Å². The van der Waals surface area contributed by atoms with Gasteiger partial charge in [-0.15, -0.1) is 0 Å². The van der Waals surface area contributed by atoms with E-state index in [9.17, 15) is 9.90 Å². The molecule has 9 aliphatic rings. The van der Waals surface area contributed by atoms with Gasteiger partial charge in [0.05, 0.1) is 0 Å². The fourth-order valence-corrected chi connectivity index (χ4v) is 10.5. The van der Waals surface area contributed by atoms with Crippen LogP contribution in [0, 0.1) is 35.5 Å². The van der Waals surface area contributed by atoms with Crippen molar-refractivity contribution in [1.82, 2.24) is 4.90 Å². The lowest BCUT2D eigenvalue weighted by molar-refractivity contribution is -0.617. The lowest BCUT2D eigenvalue weighted by Crippen LogP contribution is -2.63. The minimum atomic E-state index is -0.635. The van der Waals surface area contributed by atoms with Crippen molar-refractivity contribution < 1.29 is 14.5 Å². The molecule has 28 heavy (non-hydrogen) atoms. The van der Waals surface area contributed by atoms with Gasteiger partial charge in [-0.2, -0.15) is 0 Å². The Balaban J connectivity index is 1.30. The standard InChI is InChI=1S/C24H34N2O2/c27-22(28)21-25(23-9-15-3-16(10-23)5-17(4-15)11-23)1-2-26(21)24-12-18-6-19(13-24)8-20(7-18)14-24/h15-20H,1-14H2/p+1. The predicted molar refractivity (Wildman–Crippen MR) is 106 cm³/mol. The molecule has 0 aromatic heterocycles. The molecule has 9 rings (SSSR count). The summed E-state index contributed by atoms with van der Waals surface area (Å²) in [5.74, 6) is 5.31. The quantitative estimate of drug-likeness (QED) is 0.755. The third-order valence-corrected chi connectivity index (χ3v) is 10.4. The minimum absolute atomic E-state index is 0.180. The monoisotopic (exact) mass is 383 g/mol. The maximum Gasteiger partial charge on any atom is 0.418 e. The van der Waals surface area contributed by atoms with Gasteiger partial charge in [0.2, 0.25) is 0 Å². The fourth-order valence-electron chi connectivity index (χ4n) is 10.5. The van der Waals surface area contributed by atoms with Crippen LogP contribution in [0.5, 0.6) is 0 Å². The summed E-state index contributed by atoms with van der Waals surface area (Å²) in [6.07, 6.45) is 16.2. The Morgan fingerprint density at radius 1 is 0.786 bits per heavy atom. The first-order valence-electron chi connectivity index (χ1n) is 12.2. The van der Waals surface area contributed by atoms with Crippen molar-refractivity contribution in [3.8, 4) is 0 Å². The van der Waals surface area contributed by atoms with Crippen LogP contribution in [0.25, 0.3) is 0 Å². The molecule has 152 valence electrons. The molecular formula is C24H35N2O2+. The predicted octanol–water partition coefficient (Wildman–Crippen LogP) is 3.74. The van der Waals surface area contributed by atoms with Crippen LogP contribution in [0.4, 0.5) is 0 Å². The Hall–Kier alpha value is -1.06. The molecule has 0 radical (unpaired) electrons. The van der Waals surface area contributed by atoms with Crippen LogP contribution in [-0.4, -0.2) is 50.6 Å². The van der Waals surface area contributed by atoms with Gasteiger partial charge in [-0.25, -0.2) is 14.3 Å². The third-order valence-electron chi connectivity index (χ3n) is 10.4. The molecule has 4 nitrogen and oxygen atoms in total. The molecule has 0 unspecified atom stereocenters. The topological polar surface area (TPSA) is 43.5 Å². The Bertz CT molecular complexity index is 698. The van der Waals surface area contributed by atoms with Crippen LogP contribution in [0.1, 0.15) is 77.0 Å². The van der Waals surface area contributed by atoms with Gasteiger partial charge in [0, 0.05) is 0 Å². The summed E-state index contributed by atoms with van der Waals surface area (Å²) in [5, 5.41) is 10.4. The number of carbonyl (C=O) groups is 1. The zero-order chi connectivity index (χ0) is 18.7. The van der Waals surface area contributed by atoms with Crippen LogP contribution in [0.2, 0.25) is 0 Å². The van der Waals surface area contributed by atoms with Crippen LogP contribution in [-0.2, 0) is 4.79 Å². The van der Waals surface area contributed by atoms with Gasteiger partial charge in [-0.05, 0) is 113 Å². The van der Waals surface area contributed by atoms with Crippen LogP contribution < -0.4 is 0 Å². The second kappa shape index (κ2) is 5.35. The van der Waals surface area contributed by atoms with Gasteiger partial charge < -0.3 is 5.11 Å².